The highest BCUT2D eigenvalue weighted by atomic mass is 35.5. The number of hydrogen-bond acceptors (Lipinski definition) is 2. The molecule has 0 fully saturated rings. The van der Waals surface area contributed by atoms with E-state index in [1.165, 1.54) is 4.57 Å². The van der Waals surface area contributed by atoms with Crippen molar-refractivity contribution in [3.63, 3.8) is 0 Å². The van der Waals surface area contributed by atoms with Crippen molar-refractivity contribution < 1.29 is 10.2 Å². The molecule has 3 aliphatic rings. The summed E-state index contributed by atoms with van der Waals surface area (Å²) in [4.78, 5) is 0. The molecular formula is C16H13Cl2NO2. The number of fused-ring (bicyclic) bond motifs is 1. The van der Waals surface area contributed by atoms with Crippen molar-refractivity contribution in [2.24, 2.45) is 0 Å². The second kappa shape index (κ2) is 4.46. The molecule has 21 heavy (non-hydrogen) atoms. The van der Waals surface area contributed by atoms with E-state index in [1.807, 2.05) is 0 Å². The third-order valence-corrected chi connectivity index (χ3v) is 5.20. The lowest BCUT2D eigenvalue weighted by atomic mass is 9.73. The zero-order valence-electron chi connectivity index (χ0n) is 11.1. The fourth-order valence-electron chi connectivity index (χ4n) is 3.48. The number of halogens is 2. The first-order chi connectivity index (χ1) is 10.1. The summed E-state index contributed by atoms with van der Waals surface area (Å²) in [5, 5.41) is 22.0. The standard InChI is InChI=1S/C16H13Cl2NO2/c17-11-6-5-10(7-12(11)18)19-15(20)13-8-1-2-9(4-3-8)14(13)16(19)21/h1-2,5-9,20-21H,3-4H2/t8-,9+. The van der Waals surface area contributed by atoms with E-state index in [0.717, 1.165) is 24.0 Å². The highest BCUT2D eigenvalue weighted by Gasteiger charge is 2.37. The minimum Gasteiger partial charge on any atom is -0.494 e. The van der Waals surface area contributed by atoms with Gasteiger partial charge in [0, 0.05) is 23.0 Å². The summed E-state index contributed by atoms with van der Waals surface area (Å²) in [5.74, 6) is 0.555. The minimum absolute atomic E-state index is 0.0972. The van der Waals surface area contributed by atoms with E-state index in [2.05, 4.69) is 12.2 Å². The summed E-state index contributed by atoms with van der Waals surface area (Å²) in [6.07, 6.45) is 6.25. The fraction of sp³-hybridized carbons (Fsp3) is 0.250. The van der Waals surface area contributed by atoms with Crippen molar-refractivity contribution >= 4 is 23.2 Å². The van der Waals surface area contributed by atoms with E-state index in [-0.39, 0.29) is 23.6 Å². The molecule has 1 aromatic heterocycles. The monoisotopic (exact) mass is 321 g/mol. The lowest BCUT2D eigenvalue weighted by molar-refractivity contribution is 0.399. The molecule has 2 atom stereocenters. The van der Waals surface area contributed by atoms with Crippen LogP contribution in [0.25, 0.3) is 5.69 Å². The summed E-state index contributed by atoms with van der Waals surface area (Å²) in [6.45, 7) is 0. The van der Waals surface area contributed by atoms with Gasteiger partial charge in [-0.15, -0.1) is 0 Å². The average molecular weight is 322 g/mol. The second-order valence-electron chi connectivity index (χ2n) is 5.58. The Kier molecular flexibility index (Phi) is 2.78. The van der Waals surface area contributed by atoms with Gasteiger partial charge in [-0.3, -0.25) is 4.57 Å². The Morgan fingerprint density at radius 1 is 0.905 bits per heavy atom. The van der Waals surface area contributed by atoms with Gasteiger partial charge in [-0.1, -0.05) is 35.4 Å². The van der Waals surface area contributed by atoms with Crippen LogP contribution in [0.15, 0.2) is 30.4 Å². The lowest BCUT2D eigenvalue weighted by Gasteiger charge is -2.30. The van der Waals surface area contributed by atoms with Gasteiger partial charge in [0.05, 0.1) is 15.7 Å². The van der Waals surface area contributed by atoms with Gasteiger partial charge in [-0.25, -0.2) is 0 Å². The molecule has 0 radical (unpaired) electrons. The maximum atomic E-state index is 10.6. The van der Waals surface area contributed by atoms with Crippen molar-refractivity contribution in [2.75, 3.05) is 0 Å². The van der Waals surface area contributed by atoms with Crippen LogP contribution in [0.4, 0.5) is 0 Å². The maximum Gasteiger partial charge on any atom is 0.202 e. The van der Waals surface area contributed by atoms with Crippen molar-refractivity contribution in [3.8, 4) is 17.4 Å². The molecule has 0 unspecified atom stereocenters. The molecule has 3 aliphatic carbocycles. The number of benzene rings is 1. The largest absolute Gasteiger partial charge is 0.494 e. The number of nitrogens with zero attached hydrogens (tertiary/aromatic N) is 1. The number of aromatic nitrogens is 1. The number of rotatable bonds is 1. The van der Waals surface area contributed by atoms with Crippen LogP contribution in [0.5, 0.6) is 11.8 Å². The van der Waals surface area contributed by atoms with Crippen LogP contribution in [-0.2, 0) is 0 Å². The summed E-state index contributed by atoms with van der Waals surface area (Å²) < 4.78 is 1.45. The maximum absolute atomic E-state index is 10.6. The van der Waals surface area contributed by atoms with Crippen molar-refractivity contribution in [1.82, 2.24) is 4.57 Å². The van der Waals surface area contributed by atoms with Gasteiger partial charge >= 0.3 is 0 Å². The van der Waals surface area contributed by atoms with Crippen LogP contribution < -0.4 is 0 Å². The Labute approximate surface area is 132 Å². The van der Waals surface area contributed by atoms with Gasteiger partial charge in [0.25, 0.3) is 0 Å². The van der Waals surface area contributed by atoms with Gasteiger partial charge < -0.3 is 10.2 Å². The third kappa shape index (κ3) is 1.74. The van der Waals surface area contributed by atoms with E-state index in [4.69, 9.17) is 23.2 Å². The van der Waals surface area contributed by atoms with Crippen LogP contribution in [0.1, 0.15) is 35.8 Å². The highest BCUT2D eigenvalue weighted by Crippen LogP contribution is 2.54. The number of hydrogen-bond donors (Lipinski definition) is 2. The average Bonchev–Trinajstić information content (AvgIpc) is 2.78. The van der Waals surface area contributed by atoms with Gasteiger partial charge in [0.2, 0.25) is 11.8 Å². The van der Waals surface area contributed by atoms with E-state index in [1.54, 1.807) is 18.2 Å². The first kappa shape index (κ1) is 13.1. The third-order valence-electron chi connectivity index (χ3n) is 4.46. The molecule has 0 amide bonds. The summed E-state index contributed by atoms with van der Waals surface area (Å²) in [5.41, 5.74) is 2.29. The van der Waals surface area contributed by atoms with Crippen molar-refractivity contribution in [1.29, 1.82) is 0 Å². The molecule has 0 saturated carbocycles. The van der Waals surface area contributed by atoms with E-state index < -0.39 is 0 Å². The smallest absolute Gasteiger partial charge is 0.202 e. The van der Waals surface area contributed by atoms with Gasteiger partial charge in [-0.2, -0.15) is 0 Å². The number of allylic oxidation sites excluding steroid dienone is 2. The van der Waals surface area contributed by atoms with Gasteiger partial charge in [0.1, 0.15) is 0 Å². The Hall–Kier alpha value is -1.58. The Balaban J connectivity index is 1.96. The zero-order chi connectivity index (χ0) is 14.7. The zero-order valence-corrected chi connectivity index (χ0v) is 12.6. The SMILES string of the molecule is Oc1c2c(c(O)n1-c1ccc(Cl)c(Cl)c1)[C@H]1C=C[C@@H]2CC1. The highest BCUT2D eigenvalue weighted by molar-refractivity contribution is 6.42. The van der Waals surface area contributed by atoms with E-state index in [9.17, 15) is 10.2 Å². The second-order valence-corrected chi connectivity index (χ2v) is 6.40. The molecule has 5 heteroatoms. The predicted octanol–water partition coefficient (Wildman–Crippen LogP) is 4.73. The minimum atomic E-state index is 0.0972. The quantitative estimate of drug-likeness (QED) is 0.746. The Bertz CT molecular complexity index is 742. The molecule has 3 nitrogen and oxygen atoms in total. The molecule has 0 aliphatic heterocycles. The van der Waals surface area contributed by atoms with Crippen LogP contribution in [-0.4, -0.2) is 14.8 Å². The van der Waals surface area contributed by atoms with Crippen LogP contribution in [0.3, 0.4) is 0 Å². The topological polar surface area (TPSA) is 45.4 Å². The normalized spacial score (nSPS) is 22.6. The fourth-order valence-corrected chi connectivity index (χ4v) is 3.78. The molecule has 108 valence electrons. The summed E-state index contributed by atoms with van der Waals surface area (Å²) in [6, 6.07) is 5.03. The van der Waals surface area contributed by atoms with Crippen LogP contribution >= 0.6 is 23.2 Å². The van der Waals surface area contributed by atoms with Crippen molar-refractivity contribution in [3.05, 3.63) is 51.5 Å². The van der Waals surface area contributed by atoms with Crippen molar-refractivity contribution in [2.45, 2.75) is 24.7 Å². The molecule has 0 spiro atoms. The first-order valence-corrected chi connectivity index (χ1v) is 7.63. The molecule has 0 saturated heterocycles. The van der Waals surface area contributed by atoms with Gasteiger partial charge in [-0.05, 0) is 31.0 Å². The van der Waals surface area contributed by atoms with Crippen LogP contribution in [0.2, 0.25) is 10.0 Å². The van der Waals surface area contributed by atoms with E-state index in [0.29, 0.717) is 15.7 Å². The summed E-state index contributed by atoms with van der Waals surface area (Å²) in [7, 11) is 0. The molecule has 1 heterocycles. The van der Waals surface area contributed by atoms with Crippen LogP contribution in [0, 0.1) is 0 Å². The molecular weight excluding hydrogens is 309 g/mol. The number of aromatic hydroxyl groups is 2. The predicted molar refractivity (Wildman–Crippen MR) is 83.0 cm³/mol. The molecule has 2 bridgehead atoms. The molecule has 5 rings (SSSR count). The molecule has 2 N–H and O–H groups in total. The van der Waals surface area contributed by atoms with Gasteiger partial charge in [0.15, 0.2) is 0 Å². The molecule has 1 aromatic carbocycles. The van der Waals surface area contributed by atoms with E-state index >= 15 is 0 Å². The lowest BCUT2D eigenvalue weighted by Crippen LogP contribution is -2.15. The Morgan fingerprint density at radius 2 is 1.48 bits per heavy atom. The molecule has 2 aromatic rings. The first-order valence-electron chi connectivity index (χ1n) is 6.88. The Morgan fingerprint density at radius 3 is 1.95 bits per heavy atom. The summed E-state index contributed by atoms with van der Waals surface area (Å²) >= 11 is 12.0.